The van der Waals surface area contributed by atoms with E-state index in [2.05, 4.69) is 15.5 Å². The smallest absolute Gasteiger partial charge is 0.229 e. The first-order valence-electron chi connectivity index (χ1n) is 5.54. The summed E-state index contributed by atoms with van der Waals surface area (Å²) < 4.78 is 5.23. The molecule has 0 bridgehead atoms. The van der Waals surface area contributed by atoms with Crippen molar-refractivity contribution in [3.05, 3.63) is 11.7 Å². The molecular formula is C10H17N3O2. The van der Waals surface area contributed by atoms with Crippen LogP contribution in [0.4, 0.5) is 0 Å². The molecule has 0 aliphatic carbocycles. The fourth-order valence-electron chi connectivity index (χ4n) is 1.84. The number of rotatable bonds is 4. The summed E-state index contributed by atoms with van der Waals surface area (Å²) >= 11 is 0. The topological polar surface area (TPSA) is 71.2 Å². The molecule has 0 radical (unpaired) electrons. The highest BCUT2D eigenvalue weighted by Crippen LogP contribution is 2.23. The molecule has 84 valence electrons. The van der Waals surface area contributed by atoms with Crippen LogP contribution in [0.15, 0.2) is 4.52 Å². The molecule has 5 heteroatoms. The van der Waals surface area contributed by atoms with Crippen molar-refractivity contribution in [3.8, 4) is 0 Å². The molecule has 2 heterocycles. The summed E-state index contributed by atoms with van der Waals surface area (Å²) in [4.78, 5) is 4.35. The van der Waals surface area contributed by atoms with Gasteiger partial charge in [-0.2, -0.15) is 4.98 Å². The van der Waals surface area contributed by atoms with Gasteiger partial charge in [-0.25, -0.2) is 0 Å². The number of aryl methyl sites for hydroxylation is 1. The van der Waals surface area contributed by atoms with Crippen LogP contribution >= 0.6 is 0 Å². The van der Waals surface area contributed by atoms with Crippen LogP contribution < -0.4 is 5.32 Å². The van der Waals surface area contributed by atoms with Gasteiger partial charge >= 0.3 is 0 Å². The minimum atomic E-state index is 0.178. The van der Waals surface area contributed by atoms with Gasteiger partial charge < -0.3 is 14.9 Å². The third-order valence-corrected chi connectivity index (χ3v) is 2.73. The standard InChI is InChI=1S/C10H17N3O2/c14-7-1-2-9-12-10(15-13-9)8-3-5-11-6-4-8/h8,11,14H,1-7H2. The molecule has 0 spiro atoms. The van der Waals surface area contributed by atoms with Gasteiger partial charge in [0.15, 0.2) is 5.82 Å². The van der Waals surface area contributed by atoms with E-state index >= 15 is 0 Å². The lowest BCUT2D eigenvalue weighted by Gasteiger charge is -2.18. The highest BCUT2D eigenvalue weighted by Gasteiger charge is 2.20. The van der Waals surface area contributed by atoms with Crippen LogP contribution in [0, 0.1) is 0 Å². The number of aromatic nitrogens is 2. The first-order valence-corrected chi connectivity index (χ1v) is 5.54. The first kappa shape index (κ1) is 10.6. The van der Waals surface area contributed by atoms with Gasteiger partial charge in [0.1, 0.15) is 0 Å². The maximum Gasteiger partial charge on any atom is 0.229 e. The molecule has 0 saturated carbocycles. The van der Waals surface area contributed by atoms with Crippen molar-refractivity contribution in [2.75, 3.05) is 19.7 Å². The monoisotopic (exact) mass is 211 g/mol. The zero-order chi connectivity index (χ0) is 10.5. The van der Waals surface area contributed by atoms with E-state index in [0.717, 1.165) is 37.6 Å². The second-order valence-electron chi connectivity index (χ2n) is 3.90. The Balaban J connectivity index is 1.93. The SMILES string of the molecule is OCCCc1noc(C2CCNCC2)n1. The lowest BCUT2D eigenvalue weighted by atomic mass is 9.98. The molecule has 1 saturated heterocycles. The number of aliphatic hydroxyl groups excluding tert-OH is 1. The molecule has 1 fully saturated rings. The van der Waals surface area contributed by atoms with Crippen molar-refractivity contribution in [3.63, 3.8) is 0 Å². The summed E-state index contributed by atoms with van der Waals surface area (Å²) in [7, 11) is 0. The van der Waals surface area contributed by atoms with Gasteiger partial charge in [-0.15, -0.1) is 0 Å². The maximum atomic E-state index is 8.69. The fraction of sp³-hybridized carbons (Fsp3) is 0.800. The lowest BCUT2D eigenvalue weighted by Crippen LogP contribution is -2.26. The molecular weight excluding hydrogens is 194 g/mol. The summed E-state index contributed by atoms with van der Waals surface area (Å²) in [5.41, 5.74) is 0. The maximum absolute atomic E-state index is 8.69. The number of nitrogens with zero attached hydrogens (tertiary/aromatic N) is 2. The Morgan fingerprint density at radius 3 is 2.93 bits per heavy atom. The molecule has 1 aromatic heterocycles. The largest absolute Gasteiger partial charge is 0.396 e. The van der Waals surface area contributed by atoms with Crippen molar-refractivity contribution in [1.82, 2.24) is 15.5 Å². The van der Waals surface area contributed by atoms with Gasteiger partial charge in [0.05, 0.1) is 0 Å². The average Bonchev–Trinajstić information content (AvgIpc) is 2.76. The summed E-state index contributed by atoms with van der Waals surface area (Å²) in [5, 5.41) is 15.9. The average molecular weight is 211 g/mol. The predicted molar refractivity (Wildman–Crippen MR) is 54.5 cm³/mol. The Morgan fingerprint density at radius 2 is 2.20 bits per heavy atom. The van der Waals surface area contributed by atoms with E-state index in [1.165, 1.54) is 0 Å². The quantitative estimate of drug-likeness (QED) is 0.757. The van der Waals surface area contributed by atoms with E-state index < -0.39 is 0 Å². The summed E-state index contributed by atoms with van der Waals surface area (Å²) in [6.45, 7) is 2.23. The van der Waals surface area contributed by atoms with Crippen molar-refractivity contribution >= 4 is 0 Å². The Bertz CT molecular complexity index is 295. The summed E-state index contributed by atoms with van der Waals surface area (Å²) in [6.07, 6.45) is 3.54. The Labute approximate surface area is 88.9 Å². The van der Waals surface area contributed by atoms with E-state index in [1.54, 1.807) is 0 Å². The second kappa shape index (κ2) is 5.23. The van der Waals surface area contributed by atoms with Gasteiger partial charge in [-0.3, -0.25) is 0 Å². The van der Waals surface area contributed by atoms with Crippen LogP contribution in [0.1, 0.15) is 36.9 Å². The number of hydrogen-bond donors (Lipinski definition) is 2. The molecule has 1 aliphatic heterocycles. The fourth-order valence-corrected chi connectivity index (χ4v) is 1.84. The normalized spacial score (nSPS) is 18.2. The van der Waals surface area contributed by atoms with E-state index in [1.807, 2.05) is 0 Å². The van der Waals surface area contributed by atoms with Crippen molar-refractivity contribution in [2.24, 2.45) is 0 Å². The van der Waals surface area contributed by atoms with Gasteiger partial charge in [-0.1, -0.05) is 5.16 Å². The van der Waals surface area contributed by atoms with Crippen molar-refractivity contribution in [2.45, 2.75) is 31.6 Å². The zero-order valence-corrected chi connectivity index (χ0v) is 8.78. The molecule has 15 heavy (non-hydrogen) atoms. The van der Waals surface area contributed by atoms with Gasteiger partial charge in [0, 0.05) is 18.9 Å². The summed E-state index contributed by atoms with van der Waals surface area (Å²) in [6, 6.07) is 0. The van der Waals surface area contributed by atoms with E-state index in [4.69, 9.17) is 9.63 Å². The third-order valence-electron chi connectivity index (χ3n) is 2.73. The Hall–Kier alpha value is -0.940. The van der Waals surface area contributed by atoms with Crippen molar-refractivity contribution in [1.29, 1.82) is 0 Å². The first-order chi connectivity index (χ1) is 7.40. The van der Waals surface area contributed by atoms with Crippen molar-refractivity contribution < 1.29 is 9.63 Å². The molecule has 1 aliphatic rings. The van der Waals surface area contributed by atoms with E-state index in [9.17, 15) is 0 Å². The van der Waals surface area contributed by atoms with Crippen LogP contribution in [0.25, 0.3) is 0 Å². The van der Waals surface area contributed by atoms with E-state index in [0.29, 0.717) is 18.8 Å². The molecule has 0 unspecified atom stereocenters. The highest BCUT2D eigenvalue weighted by atomic mass is 16.5. The molecule has 0 aromatic carbocycles. The minimum absolute atomic E-state index is 0.178. The van der Waals surface area contributed by atoms with Crippen LogP contribution in [-0.2, 0) is 6.42 Å². The molecule has 5 nitrogen and oxygen atoms in total. The second-order valence-corrected chi connectivity index (χ2v) is 3.90. The van der Waals surface area contributed by atoms with Crippen LogP contribution in [-0.4, -0.2) is 34.9 Å². The zero-order valence-electron chi connectivity index (χ0n) is 8.78. The molecule has 2 rings (SSSR count). The van der Waals surface area contributed by atoms with Gasteiger partial charge in [-0.05, 0) is 32.4 Å². The third kappa shape index (κ3) is 2.76. The number of piperidine rings is 1. The van der Waals surface area contributed by atoms with Gasteiger partial charge in [0.2, 0.25) is 5.89 Å². The summed E-state index contributed by atoms with van der Waals surface area (Å²) in [5.74, 6) is 1.91. The lowest BCUT2D eigenvalue weighted by molar-refractivity contribution is 0.285. The minimum Gasteiger partial charge on any atom is -0.396 e. The highest BCUT2D eigenvalue weighted by molar-refractivity contribution is 4.96. The predicted octanol–water partition coefficient (Wildman–Crippen LogP) is 0.461. The van der Waals surface area contributed by atoms with Gasteiger partial charge in [0.25, 0.3) is 0 Å². The van der Waals surface area contributed by atoms with Crippen LogP contribution in [0.5, 0.6) is 0 Å². The number of nitrogens with one attached hydrogen (secondary N) is 1. The van der Waals surface area contributed by atoms with Crippen LogP contribution in [0.3, 0.4) is 0 Å². The molecule has 0 amide bonds. The number of aliphatic hydroxyl groups is 1. The van der Waals surface area contributed by atoms with Crippen LogP contribution in [0.2, 0.25) is 0 Å². The molecule has 2 N–H and O–H groups in total. The Morgan fingerprint density at radius 1 is 1.40 bits per heavy atom. The molecule has 0 atom stereocenters. The number of hydrogen-bond acceptors (Lipinski definition) is 5. The Kier molecular flexibility index (Phi) is 3.69. The van der Waals surface area contributed by atoms with E-state index in [-0.39, 0.29) is 6.61 Å². The molecule has 1 aromatic rings.